The van der Waals surface area contributed by atoms with E-state index in [2.05, 4.69) is 4.98 Å². The minimum absolute atomic E-state index is 0.121. The van der Waals surface area contributed by atoms with Crippen molar-refractivity contribution in [1.82, 2.24) is 9.29 Å². The largest absolute Gasteiger partial charge is 0.268 e. The lowest BCUT2D eigenvalue weighted by atomic mass is 10.2. The first-order valence-electron chi connectivity index (χ1n) is 10.5. The smallest absolute Gasteiger partial charge is 0.264 e. The molecule has 2 heterocycles. The first-order chi connectivity index (χ1) is 15.9. The third-order valence-corrected chi connectivity index (χ3v) is 8.71. The second-order valence-corrected chi connectivity index (χ2v) is 11.1. The highest BCUT2D eigenvalue weighted by molar-refractivity contribution is 7.89. The number of aromatic nitrogens is 1. The molecule has 0 radical (unpaired) electrons. The van der Waals surface area contributed by atoms with Crippen LogP contribution in [0.15, 0.2) is 77.7 Å². The highest BCUT2D eigenvalue weighted by Gasteiger charge is 2.29. The quantitative estimate of drug-likeness (QED) is 0.354. The fourth-order valence-corrected chi connectivity index (χ4v) is 6.53. The van der Waals surface area contributed by atoms with E-state index >= 15 is 0 Å². The van der Waals surface area contributed by atoms with Gasteiger partial charge in [-0.3, -0.25) is 9.69 Å². The zero-order chi connectivity index (χ0) is 23.0. The maximum atomic E-state index is 13.8. The summed E-state index contributed by atoms with van der Waals surface area (Å²) >= 11 is 7.46. The van der Waals surface area contributed by atoms with Crippen LogP contribution in [0.5, 0.6) is 0 Å². The third-order valence-electron chi connectivity index (χ3n) is 5.55. The van der Waals surface area contributed by atoms with E-state index in [0.717, 1.165) is 23.1 Å². The van der Waals surface area contributed by atoms with Crippen molar-refractivity contribution in [2.24, 2.45) is 0 Å². The lowest BCUT2D eigenvalue weighted by molar-refractivity contribution is 0.0999. The number of benzene rings is 3. The molecule has 3 aromatic carbocycles. The number of fused-ring (bicyclic) bond motifs is 1. The third kappa shape index (κ3) is 4.27. The second kappa shape index (κ2) is 8.87. The van der Waals surface area contributed by atoms with Crippen LogP contribution in [0, 0.1) is 0 Å². The number of amides is 1. The van der Waals surface area contributed by atoms with Crippen LogP contribution in [0.4, 0.5) is 10.8 Å². The monoisotopic (exact) mass is 497 g/mol. The van der Waals surface area contributed by atoms with Crippen molar-refractivity contribution in [3.05, 3.63) is 83.4 Å². The number of carbonyl (C=O) groups is 1. The van der Waals surface area contributed by atoms with Crippen LogP contribution in [0.3, 0.4) is 0 Å². The zero-order valence-corrected chi connectivity index (χ0v) is 19.9. The summed E-state index contributed by atoms with van der Waals surface area (Å²) in [6.45, 7) is 1.01. The Morgan fingerprint density at radius 1 is 0.970 bits per heavy atom. The Kier molecular flexibility index (Phi) is 5.92. The first kappa shape index (κ1) is 22.0. The van der Waals surface area contributed by atoms with Crippen molar-refractivity contribution >= 4 is 59.9 Å². The number of nitrogens with zero attached hydrogens (tertiary/aromatic N) is 3. The van der Waals surface area contributed by atoms with Gasteiger partial charge in [0.15, 0.2) is 5.13 Å². The van der Waals surface area contributed by atoms with Gasteiger partial charge in [0, 0.05) is 23.7 Å². The predicted octanol–water partition coefficient (Wildman–Crippen LogP) is 5.71. The lowest BCUT2D eigenvalue weighted by Gasteiger charge is -2.21. The van der Waals surface area contributed by atoms with E-state index < -0.39 is 10.0 Å². The molecule has 0 N–H and O–H groups in total. The molecular weight excluding hydrogens is 478 g/mol. The topological polar surface area (TPSA) is 70.6 Å². The Morgan fingerprint density at radius 2 is 1.70 bits per heavy atom. The molecule has 1 fully saturated rings. The fourth-order valence-electron chi connectivity index (χ4n) is 3.86. The van der Waals surface area contributed by atoms with E-state index in [1.165, 1.54) is 32.7 Å². The van der Waals surface area contributed by atoms with Gasteiger partial charge in [0.1, 0.15) is 0 Å². The molecule has 1 saturated heterocycles. The van der Waals surface area contributed by atoms with Crippen molar-refractivity contribution in [3.8, 4) is 0 Å². The van der Waals surface area contributed by atoms with Gasteiger partial charge in [0.05, 0.1) is 20.8 Å². The number of anilines is 2. The number of thiazole rings is 1. The van der Waals surface area contributed by atoms with E-state index in [4.69, 9.17) is 11.6 Å². The Hall–Kier alpha value is -2.78. The van der Waals surface area contributed by atoms with Gasteiger partial charge in [-0.2, -0.15) is 4.31 Å². The SMILES string of the molecule is O=C(c1cccc(S(=O)(=O)N2CCCC2)c1)N(c1ccc(Cl)cc1)c1nc2ccccc2s1. The number of para-hydroxylation sites is 1. The summed E-state index contributed by atoms with van der Waals surface area (Å²) in [5.41, 5.74) is 1.65. The van der Waals surface area contributed by atoms with Gasteiger partial charge >= 0.3 is 0 Å². The molecule has 168 valence electrons. The van der Waals surface area contributed by atoms with Crippen molar-refractivity contribution in [1.29, 1.82) is 0 Å². The molecule has 33 heavy (non-hydrogen) atoms. The Bertz CT molecular complexity index is 1400. The Morgan fingerprint density at radius 3 is 2.42 bits per heavy atom. The van der Waals surface area contributed by atoms with E-state index in [1.807, 2.05) is 24.3 Å². The van der Waals surface area contributed by atoms with Gasteiger partial charge in [-0.05, 0) is 67.4 Å². The van der Waals surface area contributed by atoms with Crippen LogP contribution in [0.2, 0.25) is 5.02 Å². The second-order valence-electron chi connectivity index (χ2n) is 7.72. The van der Waals surface area contributed by atoms with Crippen LogP contribution in [-0.2, 0) is 10.0 Å². The Balaban J connectivity index is 1.58. The van der Waals surface area contributed by atoms with Crippen molar-refractivity contribution in [3.63, 3.8) is 0 Å². The molecule has 0 atom stereocenters. The average Bonchev–Trinajstić information content (AvgIpc) is 3.51. The molecule has 6 nitrogen and oxygen atoms in total. The molecule has 0 aliphatic carbocycles. The highest BCUT2D eigenvalue weighted by atomic mass is 35.5. The van der Waals surface area contributed by atoms with Crippen LogP contribution in [0.1, 0.15) is 23.2 Å². The maximum Gasteiger partial charge on any atom is 0.264 e. The van der Waals surface area contributed by atoms with Gasteiger partial charge in [0.25, 0.3) is 5.91 Å². The fraction of sp³-hybridized carbons (Fsp3) is 0.167. The summed E-state index contributed by atoms with van der Waals surface area (Å²) in [6, 6.07) is 20.8. The highest BCUT2D eigenvalue weighted by Crippen LogP contribution is 2.35. The normalized spacial score (nSPS) is 14.6. The van der Waals surface area contributed by atoms with Crippen LogP contribution >= 0.6 is 22.9 Å². The number of hydrogen-bond acceptors (Lipinski definition) is 5. The van der Waals surface area contributed by atoms with Crippen LogP contribution < -0.4 is 4.90 Å². The van der Waals surface area contributed by atoms with E-state index in [0.29, 0.717) is 28.9 Å². The molecule has 1 aliphatic heterocycles. The first-order valence-corrected chi connectivity index (χ1v) is 13.1. The zero-order valence-electron chi connectivity index (χ0n) is 17.5. The van der Waals surface area contributed by atoms with Crippen molar-refractivity contribution < 1.29 is 13.2 Å². The maximum absolute atomic E-state index is 13.8. The molecule has 9 heteroatoms. The molecule has 1 aromatic heterocycles. The van der Waals surface area contributed by atoms with E-state index in [1.54, 1.807) is 36.4 Å². The van der Waals surface area contributed by atoms with Crippen LogP contribution in [-0.4, -0.2) is 36.7 Å². The van der Waals surface area contributed by atoms with E-state index in [-0.39, 0.29) is 16.4 Å². The van der Waals surface area contributed by atoms with E-state index in [9.17, 15) is 13.2 Å². The van der Waals surface area contributed by atoms with Gasteiger partial charge < -0.3 is 0 Å². The lowest BCUT2D eigenvalue weighted by Crippen LogP contribution is -2.29. The van der Waals surface area contributed by atoms with Crippen molar-refractivity contribution in [2.45, 2.75) is 17.7 Å². The molecule has 0 bridgehead atoms. The molecule has 5 rings (SSSR count). The Labute approximate surface area is 201 Å². The predicted molar refractivity (Wildman–Crippen MR) is 132 cm³/mol. The summed E-state index contributed by atoms with van der Waals surface area (Å²) in [7, 11) is -3.64. The van der Waals surface area contributed by atoms with Gasteiger partial charge in [-0.25, -0.2) is 13.4 Å². The minimum Gasteiger partial charge on any atom is -0.268 e. The molecule has 0 unspecified atom stereocenters. The average molecular weight is 498 g/mol. The van der Waals surface area contributed by atoms with Gasteiger partial charge in [-0.1, -0.05) is 41.1 Å². The number of sulfonamides is 1. The number of rotatable bonds is 5. The van der Waals surface area contributed by atoms with Gasteiger partial charge in [-0.15, -0.1) is 0 Å². The summed E-state index contributed by atoms with van der Waals surface area (Å²) in [5, 5.41) is 1.05. The minimum atomic E-state index is -3.64. The molecule has 1 amide bonds. The molecular formula is C24H20ClN3O3S2. The molecule has 4 aromatic rings. The number of carbonyl (C=O) groups excluding carboxylic acids is 1. The summed E-state index contributed by atoms with van der Waals surface area (Å²) < 4.78 is 28.5. The summed E-state index contributed by atoms with van der Waals surface area (Å²) in [4.78, 5) is 20.0. The van der Waals surface area contributed by atoms with Gasteiger partial charge in [0.2, 0.25) is 10.0 Å². The summed E-state index contributed by atoms with van der Waals surface area (Å²) in [5.74, 6) is -0.366. The molecule has 1 aliphatic rings. The summed E-state index contributed by atoms with van der Waals surface area (Å²) in [6.07, 6.45) is 1.69. The standard InChI is InChI=1S/C24H20ClN3O3S2/c25-18-10-12-19(13-11-18)28(24-26-21-8-1-2-9-22(21)32-24)23(29)17-6-5-7-20(16-17)33(30,31)27-14-3-4-15-27/h1-2,5-13,16H,3-4,14-15H2. The molecule has 0 saturated carbocycles. The molecule has 0 spiro atoms. The van der Waals surface area contributed by atoms with Crippen molar-refractivity contribution in [2.75, 3.05) is 18.0 Å². The number of halogens is 1. The van der Waals surface area contributed by atoms with Crippen LogP contribution in [0.25, 0.3) is 10.2 Å². The number of hydrogen-bond donors (Lipinski definition) is 0.